The zero-order valence-electron chi connectivity index (χ0n) is 8.58. The highest BCUT2D eigenvalue weighted by Crippen LogP contribution is 2.18. The Bertz CT molecular complexity index is 485. The molecule has 3 heteroatoms. The zero-order valence-corrected chi connectivity index (χ0v) is 11.5. The lowest BCUT2D eigenvalue weighted by Gasteiger charge is -2.08. The number of rotatable bonds is 3. The van der Waals surface area contributed by atoms with Crippen LogP contribution in [0, 0.1) is 3.57 Å². The molecule has 1 nitrogen and oxygen atoms in total. The Labute approximate surface area is 114 Å². The van der Waals surface area contributed by atoms with Crippen LogP contribution < -0.4 is 5.32 Å². The summed E-state index contributed by atoms with van der Waals surface area (Å²) in [5.74, 6) is 0. The van der Waals surface area contributed by atoms with Gasteiger partial charge in [-0.25, -0.2) is 0 Å². The summed E-state index contributed by atoms with van der Waals surface area (Å²) in [5.41, 5.74) is 2.23. The van der Waals surface area contributed by atoms with Crippen molar-refractivity contribution in [1.82, 2.24) is 0 Å². The molecule has 0 radical (unpaired) electrons. The maximum Gasteiger partial charge on any atom is 0.0455 e. The molecular formula is C13H11ClIN. The van der Waals surface area contributed by atoms with Crippen LogP contribution in [0.1, 0.15) is 5.56 Å². The van der Waals surface area contributed by atoms with E-state index in [0.29, 0.717) is 0 Å². The fraction of sp³-hybridized carbons (Fsp3) is 0.0769. The number of halogens is 2. The smallest absolute Gasteiger partial charge is 0.0455 e. The van der Waals surface area contributed by atoms with Gasteiger partial charge in [-0.2, -0.15) is 0 Å². The quantitative estimate of drug-likeness (QED) is 0.806. The average Bonchev–Trinajstić information content (AvgIpc) is 2.28. The van der Waals surface area contributed by atoms with Crippen molar-refractivity contribution < 1.29 is 0 Å². The standard InChI is InChI=1S/C13H11ClIN/c14-13-7-2-1-4-10(13)9-16-12-6-3-5-11(15)8-12/h1-8,16H,9H2. The zero-order chi connectivity index (χ0) is 11.4. The summed E-state index contributed by atoms with van der Waals surface area (Å²) in [7, 11) is 0. The van der Waals surface area contributed by atoms with E-state index in [1.165, 1.54) is 3.57 Å². The van der Waals surface area contributed by atoms with Crippen molar-refractivity contribution in [3.63, 3.8) is 0 Å². The Kier molecular flexibility index (Phi) is 4.07. The van der Waals surface area contributed by atoms with E-state index in [0.717, 1.165) is 22.8 Å². The van der Waals surface area contributed by atoms with E-state index in [2.05, 4.69) is 46.1 Å². The first kappa shape index (κ1) is 11.7. The molecule has 0 amide bonds. The van der Waals surface area contributed by atoms with Crippen molar-refractivity contribution in [2.45, 2.75) is 6.54 Å². The van der Waals surface area contributed by atoms with Crippen molar-refractivity contribution in [2.24, 2.45) is 0 Å². The van der Waals surface area contributed by atoms with Gasteiger partial charge in [0, 0.05) is 20.8 Å². The highest BCUT2D eigenvalue weighted by Gasteiger charge is 1.98. The molecule has 0 saturated heterocycles. The Balaban J connectivity index is 2.05. The van der Waals surface area contributed by atoms with Gasteiger partial charge in [0.15, 0.2) is 0 Å². The highest BCUT2D eigenvalue weighted by molar-refractivity contribution is 14.1. The van der Waals surface area contributed by atoms with Crippen molar-refractivity contribution in [3.8, 4) is 0 Å². The number of anilines is 1. The number of hydrogen-bond donors (Lipinski definition) is 1. The summed E-state index contributed by atoms with van der Waals surface area (Å²) in [6, 6.07) is 16.2. The van der Waals surface area contributed by atoms with Gasteiger partial charge in [0.2, 0.25) is 0 Å². The Morgan fingerprint density at radius 2 is 1.88 bits per heavy atom. The molecule has 2 rings (SSSR count). The molecule has 0 saturated carbocycles. The lowest BCUT2D eigenvalue weighted by Crippen LogP contribution is -1.99. The molecule has 16 heavy (non-hydrogen) atoms. The van der Waals surface area contributed by atoms with Crippen LogP contribution in [-0.2, 0) is 6.54 Å². The first-order chi connectivity index (χ1) is 7.75. The molecule has 0 atom stereocenters. The molecule has 0 unspecified atom stereocenters. The van der Waals surface area contributed by atoms with E-state index in [9.17, 15) is 0 Å². The number of hydrogen-bond acceptors (Lipinski definition) is 1. The summed E-state index contributed by atoms with van der Waals surface area (Å²) in [5, 5.41) is 4.16. The second-order valence-electron chi connectivity index (χ2n) is 3.46. The van der Waals surface area contributed by atoms with Gasteiger partial charge < -0.3 is 5.32 Å². The molecular weight excluding hydrogens is 333 g/mol. The fourth-order valence-electron chi connectivity index (χ4n) is 1.44. The third-order valence-corrected chi connectivity index (χ3v) is 3.31. The third kappa shape index (κ3) is 3.12. The summed E-state index contributed by atoms with van der Waals surface area (Å²) in [4.78, 5) is 0. The lowest BCUT2D eigenvalue weighted by atomic mass is 10.2. The minimum Gasteiger partial charge on any atom is -0.381 e. The van der Waals surface area contributed by atoms with E-state index in [1.807, 2.05) is 30.3 Å². The number of benzene rings is 2. The molecule has 0 aliphatic heterocycles. The van der Waals surface area contributed by atoms with Gasteiger partial charge in [-0.3, -0.25) is 0 Å². The molecule has 0 fully saturated rings. The predicted molar refractivity (Wildman–Crippen MR) is 77.9 cm³/mol. The minimum atomic E-state index is 0.750. The Morgan fingerprint density at radius 3 is 2.62 bits per heavy atom. The summed E-state index contributed by atoms with van der Waals surface area (Å²) < 4.78 is 1.22. The van der Waals surface area contributed by atoms with Gasteiger partial charge in [0.1, 0.15) is 0 Å². The monoisotopic (exact) mass is 343 g/mol. The topological polar surface area (TPSA) is 12.0 Å². The largest absolute Gasteiger partial charge is 0.381 e. The molecule has 0 heterocycles. The first-order valence-electron chi connectivity index (χ1n) is 4.98. The fourth-order valence-corrected chi connectivity index (χ4v) is 2.18. The van der Waals surface area contributed by atoms with Crippen molar-refractivity contribution >= 4 is 39.9 Å². The first-order valence-corrected chi connectivity index (χ1v) is 6.44. The Morgan fingerprint density at radius 1 is 1.06 bits per heavy atom. The van der Waals surface area contributed by atoms with Crippen LogP contribution in [-0.4, -0.2) is 0 Å². The minimum absolute atomic E-state index is 0.750. The van der Waals surface area contributed by atoms with Crippen LogP contribution in [0.15, 0.2) is 48.5 Å². The van der Waals surface area contributed by atoms with Gasteiger partial charge in [-0.1, -0.05) is 35.9 Å². The number of nitrogens with one attached hydrogen (secondary N) is 1. The van der Waals surface area contributed by atoms with E-state index in [-0.39, 0.29) is 0 Å². The molecule has 82 valence electrons. The third-order valence-electron chi connectivity index (χ3n) is 2.27. The van der Waals surface area contributed by atoms with E-state index >= 15 is 0 Å². The van der Waals surface area contributed by atoms with Gasteiger partial charge in [0.05, 0.1) is 0 Å². The van der Waals surface area contributed by atoms with E-state index in [4.69, 9.17) is 11.6 Å². The summed E-state index contributed by atoms with van der Waals surface area (Å²) >= 11 is 8.38. The van der Waals surface area contributed by atoms with E-state index in [1.54, 1.807) is 0 Å². The molecule has 0 bridgehead atoms. The maximum absolute atomic E-state index is 6.08. The lowest BCUT2D eigenvalue weighted by molar-refractivity contribution is 1.15. The molecule has 1 N–H and O–H groups in total. The maximum atomic E-state index is 6.08. The molecule has 0 aliphatic rings. The second-order valence-corrected chi connectivity index (χ2v) is 5.11. The van der Waals surface area contributed by atoms with Gasteiger partial charge in [-0.05, 0) is 52.4 Å². The van der Waals surface area contributed by atoms with Gasteiger partial charge >= 0.3 is 0 Å². The van der Waals surface area contributed by atoms with Crippen LogP contribution in [0.2, 0.25) is 5.02 Å². The van der Waals surface area contributed by atoms with Crippen LogP contribution in [0.5, 0.6) is 0 Å². The second kappa shape index (κ2) is 5.55. The Hall–Kier alpha value is -0.740. The molecule has 2 aromatic carbocycles. The molecule has 2 aromatic rings. The van der Waals surface area contributed by atoms with Crippen molar-refractivity contribution in [1.29, 1.82) is 0 Å². The van der Waals surface area contributed by atoms with Gasteiger partial charge in [0.25, 0.3) is 0 Å². The molecule has 0 aliphatic carbocycles. The average molecular weight is 344 g/mol. The van der Waals surface area contributed by atoms with Gasteiger partial charge in [-0.15, -0.1) is 0 Å². The highest BCUT2D eigenvalue weighted by atomic mass is 127. The van der Waals surface area contributed by atoms with E-state index < -0.39 is 0 Å². The van der Waals surface area contributed by atoms with Crippen molar-refractivity contribution in [2.75, 3.05) is 5.32 Å². The summed E-state index contributed by atoms with van der Waals surface area (Å²) in [6.45, 7) is 0.750. The normalized spacial score (nSPS) is 10.1. The van der Waals surface area contributed by atoms with Crippen LogP contribution in [0.25, 0.3) is 0 Å². The van der Waals surface area contributed by atoms with Crippen LogP contribution in [0.3, 0.4) is 0 Å². The molecule has 0 spiro atoms. The SMILES string of the molecule is Clc1ccccc1CNc1cccc(I)c1. The predicted octanol–water partition coefficient (Wildman–Crippen LogP) is 4.56. The molecule has 0 aromatic heterocycles. The van der Waals surface area contributed by atoms with Crippen LogP contribution >= 0.6 is 34.2 Å². The van der Waals surface area contributed by atoms with Crippen molar-refractivity contribution in [3.05, 3.63) is 62.7 Å². The summed E-state index contributed by atoms with van der Waals surface area (Å²) in [6.07, 6.45) is 0. The van der Waals surface area contributed by atoms with Crippen LogP contribution in [0.4, 0.5) is 5.69 Å².